The van der Waals surface area contributed by atoms with Gasteiger partial charge in [0.15, 0.2) is 11.5 Å². The molecule has 1 aliphatic rings. The van der Waals surface area contributed by atoms with Crippen LogP contribution in [0.15, 0.2) is 60.3 Å². The van der Waals surface area contributed by atoms with Crippen molar-refractivity contribution >= 4 is 41.0 Å². The van der Waals surface area contributed by atoms with Crippen LogP contribution in [0.25, 0.3) is 11.7 Å². The zero-order valence-corrected chi connectivity index (χ0v) is 18.0. The second-order valence-corrected chi connectivity index (χ2v) is 8.28. The first-order chi connectivity index (χ1) is 14.6. The van der Waals surface area contributed by atoms with Gasteiger partial charge in [-0.1, -0.05) is 23.7 Å². The largest absolute Gasteiger partial charge is 0.488 e. The van der Waals surface area contributed by atoms with E-state index in [0.717, 1.165) is 40.5 Å². The van der Waals surface area contributed by atoms with Crippen LogP contribution in [0.2, 0.25) is 5.02 Å². The average Bonchev–Trinajstić information content (AvgIpc) is 3.19. The van der Waals surface area contributed by atoms with Crippen molar-refractivity contribution in [2.45, 2.75) is 12.5 Å². The highest BCUT2D eigenvalue weighted by Crippen LogP contribution is 2.29. The number of hydrogen-bond acceptors (Lipinski definition) is 5. The molecule has 6 nitrogen and oxygen atoms in total. The van der Waals surface area contributed by atoms with Gasteiger partial charge in [0.1, 0.15) is 12.4 Å². The summed E-state index contributed by atoms with van der Waals surface area (Å²) in [5.74, 6) is 2.22. The van der Waals surface area contributed by atoms with Crippen molar-refractivity contribution in [1.29, 1.82) is 0 Å². The third-order valence-electron chi connectivity index (χ3n) is 4.73. The van der Waals surface area contributed by atoms with Gasteiger partial charge < -0.3 is 10.1 Å². The molecule has 0 saturated heterocycles. The Morgan fingerprint density at radius 3 is 3.13 bits per heavy atom. The van der Waals surface area contributed by atoms with E-state index in [1.807, 2.05) is 53.3 Å². The lowest BCUT2D eigenvalue weighted by atomic mass is 10.1. The zero-order valence-electron chi connectivity index (χ0n) is 16.4. The quantitative estimate of drug-likeness (QED) is 0.554. The normalized spacial score (nSPS) is 14.3. The minimum Gasteiger partial charge on any atom is -0.488 e. The highest BCUT2D eigenvalue weighted by atomic mass is 35.5. The van der Waals surface area contributed by atoms with E-state index in [-0.39, 0.29) is 11.9 Å². The van der Waals surface area contributed by atoms with Crippen molar-refractivity contribution in [2.24, 2.45) is 0 Å². The molecule has 1 aromatic carbocycles. The predicted octanol–water partition coefficient (Wildman–Crippen LogP) is 4.33. The number of ether oxygens (including phenoxy) is 1. The Bertz CT molecular complexity index is 1130. The second-order valence-electron chi connectivity index (χ2n) is 6.85. The maximum atomic E-state index is 12.6. The van der Waals surface area contributed by atoms with Gasteiger partial charge >= 0.3 is 0 Å². The molecular formula is C22H21ClN4O2S. The molecule has 30 heavy (non-hydrogen) atoms. The fourth-order valence-corrected chi connectivity index (χ4v) is 3.92. The number of hydrogen-bond donors (Lipinski definition) is 1. The molecule has 1 aliphatic heterocycles. The minimum absolute atomic E-state index is 0.188. The van der Waals surface area contributed by atoms with E-state index in [2.05, 4.69) is 15.5 Å². The summed E-state index contributed by atoms with van der Waals surface area (Å²) in [5, 5.41) is 12.2. The summed E-state index contributed by atoms with van der Waals surface area (Å²) in [6.07, 6.45) is 9.98. The van der Waals surface area contributed by atoms with Crippen LogP contribution in [0.1, 0.15) is 23.9 Å². The van der Waals surface area contributed by atoms with Gasteiger partial charge in [-0.3, -0.25) is 9.20 Å². The molecule has 0 bridgehead atoms. The van der Waals surface area contributed by atoms with Crippen LogP contribution in [-0.4, -0.2) is 39.1 Å². The fourth-order valence-electron chi connectivity index (χ4n) is 3.26. The molecule has 1 unspecified atom stereocenters. The lowest BCUT2D eigenvalue weighted by molar-refractivity contribution is -0.117. The monoisotopic (exact) mass is 440 g/mol. The van der Waals surface area contributed by atoms with Crippen LogP contribution in [0, 0.1) is 0 Å². The summed E-state index contributed by atoms with van der Waals surface area (Å²) >= 11 is 7.79. The third kappa shape index (κ3) is 4.68. The molecule has 8 heteroatoms. The molecular weight excluding hydrogens is 420 g/mol. The van der Waals surface area contributed by atoms with Crippen molar-refractivity contribution in [2.75, 3.05) is 18.6 Å². The minimum atomic E-state index is -0.233. The highest BCUT2D eigenvalue weighted by molar-refractivity contribution is 7.98. The van der Waals surface area contributed by atoms with Gasteiger partial charge in [-0.2, -0.15) is 11.8 Å². The number of benzene rings is 1. The van der Waals surface area contributed by atoms with Gasteiger partial charge in [0.05, 0.1) is 6.04 Å². The number of nitrogens with zero attached hydrogens (tertiary/aromatic N) is 3. The maximum Gasteiger partial charge on any atom is 0.244 e. The predicted molar refractivity (Wildman–Crippen MR) is 121 cm³/mol. The lowest BCUT2D eigenvalue weighted by Crippen LogP contribution is -2.29. The van der Waals surface area contributed by atoms with E-state index >= 15 is 0 Å². The molecule has 0 saturated carbocycles. The molecule has 0 radical (unpaired) electrons. The van der Waals surface area contributed by atoms with Gasteiger partial charge in [0, 0.05) is 22.9 Å². The Balaban J connectivity index is 1.49. The Kier molecular flexibility index (Phi) is 6.40. The molecule has 1 atom stereocenters. The van der Waals surface area contributed by atoms with E-state index in [1.165, 1.54) is 6.08 Å². The number of halogens is 1. The Labute approximate surface area is 184 Å². The number of carbonyl (C=O) groups excluding carboxylic acids is 1. The summed E-state index contributed by atoms with van der Waals surface area (Å²) in [7, 11) is 0. The van der Waals surface area contributed by atoms with Crippen molar-refractivity contribution in [3.63, 3.8) is 0 Å². The second kappa shape index (κ2) is 9.36. The molecule has 2 aromatic heterocycles. The number of nitrogens with one attached hydrogen (secondary N) is 1. The highest BCUT2D eigenvalue weighted by Gasteiger charge is 2.19. The van der Waals surface area contributed by atoms with Crippen LogP contribution >= 0.6 is 23.4 Å². The smallest absolute Gasteiger partial charge is 0.244 e. The van der Waals surface area contributed by atoms with Crippen molar-refractivity contribution in [3.05, 3.63) is 76.7 Å². The molecule has 4 rings (SSSR count). The number of fused-ring (bicyclic) bond motifs is 2. The maximum absolute atomic E-state index is 12.6. The number of pyridine rings is 1. The van der Waals surface area contributed by atoms with Crippen LogP contribution in [-0.2, 0) is 4.79 Å². The summed E-state index contributed by atoms with van der Waals surface area (Å²) in [6.45, 7) is 0.406. The summed E-state index contributed by atoms with van der Waals surface area (Å²) < 4.78 is 7.64. The Hall–Kier alpha value is -2.77. The van der Waals surface area contributed by atoms with Crippen LogP contribution in [0.3, 0.4) is 0 Å². The van der Waals surface area contributed by atoms with E-state index in [9.17, 15) is 4.79 Å². The summed E-state index contributed by atoms with van der Waals surface area (Å²) in [5.41, 5.74) is 2.56. The van der Waals surface area contributed by atoms with E-state index in [0.29, 0.717) is 11.6 Å². The number of thioether (sulfide) groups is 1. The van der Waals surface area contributed by atoms with Gasteiger partial charge in [0.2, 0.25) is 5.91 Å². The topological polar surface area (TPSA) is 68.5 Å². The Morgan fingerprint density at radius 1 is 1.37 bits per heavy atom. The van der Waals surface area contributed by atoms with Gasteiger partial charge in [0.25, 0.3) is 0 Å². The molecule has 0 aliphatic carbocycles. The fraction of sp³-hybridized carbons (Fsp3) is 0.227. The van der Waals surface area contributed by atoms with E-state index in [1.54, 1.807) is 23.9 Å². The molecule has 1 amide bonds. The molecule has 0 fully saturated rings. The standard InChI is InChI=1S/C22H21ClN4O2S/c1-30-11-9-18(22-26-25-20-4-2-3-10-27(20)22)24-21(28)8-5-15-12-16-13-17(23)6-7-19(16)29-14-15/h2-8,10,12-13,18H,9,11,14H2,1H3,(H,24,28)/b8-5+. The van der Waals surface area contributed by atoms with Crippen LogP contribution < -0.4 is 10.1 Å². The number of rotatable bonds is 7. The number of aromatic nitrogens is 3. The lowest BCUT2D eigenvalue weighted by Gasteiger charge is -2.17. The molecule has 3 aromatic rings. The van der Waals surface area contributed by atoms with Gasteiger partial charge in [-0.15, -0.1) is 10.2 Å². The van der Waals surface area contributed by atoms with Crippen molar-refractivity contribution in [1.82, 2.24) is 19.9 Å². The first-order valence-electron chi connectivity index (χ1n) is 9.54. The zero-order chi connectivity index (χ0) is 20.9. The number of carbonyl (C=O) groups is 1. The van der Waals surface area contributed by atoms with Crippen LogP contribution in [0.4, 0.5) is 0 Å². The van der Waals surface area contributed by atoms with E-state index in [4.69, 9.17) is 16.3 Å². The average molecular weight is 441 g/mol. The molecule has 0 spiro atoms. The SMILES string of the molecule is CSCCC(NC(=O)/C=C/C1=Cc2cc(Cl)ccc2OC1)c1nnc2ccccn12. The van der Waals surface area contributed by atoms with E-state index < -0.39 is 0 Å². The van der Waals surface area contributed by atoms with Crippen molar-refractivity contribution in [3.8, 4) is 5.75 Å². The summed E-state index contributed by atoms with van der Waals surface area (Å²) in [4.78, 5) is 12.6. The molecule has 1 N–H and O–H groups in total. The van der Waals surface area contributed by atoms with Crippen molar-refractivity contribution < 1.29 is 9.53 Å². The third-order valence-corrected chi connectivity index (χ3v) is 5.61. The van der Waals surface area contributed by atoms with Crippen LogP contribution in [0.5, 0.6) is 5.75 Å². The summed E-state index contributed by atoms with van der Waals surface area (Å²) in [6, 6.07) is 11.0. The number of amides is 1. The first-order valence-corrected chi connectivity index (χ1v) is 11.3. The molecule has 3 heterocycles. The first kappa shape index (κ1) is 20.5. The Morgan fingerprint density at radius 2 is 2.27 bits per heavy atom. The van der Waals surface area contributed by atoms with Gasteiger partial charge in [-0.05, 0) is 60.4 Å². The van der Waals surface area contributed by atoms with Gasteiger partial charge in [-0.25, -0.2) is 0 Å². The molecule has 154 valence electrons.